The third kappa shape index (κ3) is 3.21. The standard InChI is InChI=1S/C23H25N3O2S/c1-5-17-11-13-18(14-12-17)23-25(21(27)16(3)29-23)20-15(2)24(4)26(22(20)28)19-9-7-6-8-10-19/h6-14,16,23H,5H2,1-4H3. The van der Waals surface area contributed by atoms with E-state index in [2.05, 4.69) is 31.2 Å². The number of anilines is 1. The van der Waals surface area contributed by atoms with Crippen LogP contribution >= 0.6 is 11.8 Å². The summed E-state index contributed by atoms with van der Waals surface area (Å²) in [5.74, 6) is -0.0226. The predicted molar refractivity (Wildman–Crippen MR) is 119 cm³/mol. The molecule has 1 aliphatic heterocycles. The van der Waals surface area contributed by atoms with Gasteiger partial charge < -0.3 is 0 Å². The van der Waals surface area contributed by atoms with Crippen molar-refractivity contribution >= 4 is 23.4 Å². The van der Waals surface area contributed by atoms with Gasteiger partial charge in [0.1, 0.15) is 11.1 Å². The molecule has 0 spiro atoms. The van der Waals surface area contributed by atoms with Crippen LogP contribution in [0.5, 0.6) is 0 Å². The lowest BCUT2D eigenvalue weighted by Gasteiger charge is -2.23. The predicted octanol–water partition coefficient (Wildman–Crippen LogP) is 4.21. The zero-order valence-electron chi connectivity index (χ0n) is 17.1. The number of thioether (sulfide) groups is 1. The van der Waals surface area contributed by atoms with Gasteiger partial charge in [-0.2, -0.15) is 0 Å². The summed E-state index contributed by atoms with van der Waals surface area (Å²) >= 11 is 1.59. The summed E-state index contributed by atoms with van der Waals surface area (Å²) in [4.78, 5) is 28.3. The highest BCUT2D eigenvalue weighted by molar-refractivity contribution is 8.01. The van der Waals surface area contributed by atoms with E-state index in [1.165, 1.54) is 5.56 Å². The van der Waals surface area contributed by atoms with Gasteiger partial charge in [-0.15, -0.1) is 11.8 Å². The van der Waals surface area contributed by atoms with E-state index in [9.17, 15) is 9.59 Å². The number of hydrogen-bond donors (Lipinski definition) is 0. The molecule has 1 fully saturated rings. The van der Waals surface area contributed by atoms with E-state index in [-0.39, 0.29) is 22.1 Å². The lowest BCUT2D eigenvalue weighted by Crippen LogP contribution is -2.34. The zero-order chi connectivity index (χ0) is 20.7. The summed E-state index contributed by atoms with van der Waals surface area (Å²) in [5.41, 5.74) is 4.14. The summed E-state index contributed by atoms with van der Waals surface area (Å²) in [6.07, 6.45) is 0.969. The number of aromatic nitrogens is 2. The summed E-state index contributed by atoms with van der Waals surface area (Å²) in [7, 11) is 1.86. The van der Waals surface area contributed by atoms with Crippen LogP contribution in [0.15, 0.2) is 59.4 Å². The molecular formula is C23H25N3O2S. The van der Waals surface area contributed by atoms with E-state index in [1.807, 2.05) is 55.9 Å². The van der Waals surface area contributed by atoms with Crippen LogP contribution in [0, 0.1) is 6.92 Å². The molecule has 0 N–H and O–H groups in total. The van der Waals surface area contributed by atoms with E-state index >= 15 is 0 Å². The summed E-state index contributed by atoms with van der Waals surface area (Å²) in [6, 6.07) is 17.9. The minimum absolute atomic E-state index is 0.0226. The quantitative estimate of drug-likeness (QED) is 0.651. The van der Waals surface area contributed by atoms with Gasteiger partial charge in [0.2, 0.25) is 5.91 Å². The second kappa shape index (κ2) is 7.59. The van der Waals surface area contributed by atoms with Crippen molar-refractivity contribution in [3.05, 3.63) is 81.8 Å². The molecule has 1 amide bonds. The molecule has 0 radical (unpaired) electrons. The van der Waals surface area contributed by atoms with Crippen molar-refractivity contribution < 1.29 is 4.79 Å². The second-order valence-corrected chi connectivity index (χ2v) is 8.77. The summed E-state index contributed by atoms with van der Waals surface area (Å²) in [5, 5.41) is -0.406. The second-order valence-electron chi connectivity index (χ2n) is 7.34. The maximum atomic E-state index is 13.5. The molecule has 150 valence electrons. The molecule has 4 rings (SSSR count). The monoisotopic (exact) mass is 407 g/mol. The number of hydrogen-bond acceptors (Lipinski definition) is 3. The van der Waals surface area contributed by atoms with E-state index in [0.717, 1.165) is 23.4 Å². The van der Waals surface area contributed by atoms with Crippen molar-refractivity contribution in [3.63, 3.8) is 0 Å². The van der Waals surface area contributed by atoms with Gasteiger partial charge in [0.15, 0.2) is 0 Å². The van der Waals surface area contributed by atoms with Crippen LogP contribution in [0.2, 0.25) is 0 Å². The lowest BCUT2D eigenvalue weighted by molar-refractivity contribution is -0.117. The number of rotatable bonds is 4. The lowest BCUT2D eigenvalue weighted by atomic mass is 10.1. The highest BCUT2D eigenvalue weighted by Gasteiger charge is 2.42. The summed E-state index contributed by atoms with van der Waals surface area (Å²) < 4.78 is 3.45. The fourth-order valence-corrected chi connectivity index (χ4v) is 5.09. The minimum atomic E-state index is -0.207. The molecule has 29 heavy (non-hydrogen) atoms. The van der Waals surface area contributed by atoms with E-state index in [0.29, 0.717) is 5.69 Å². The Balaban J connectivity index is 1.85. The minimum Gasteiger partial charge on any atom is -0.288 e. The smallest absolute Gasteiger partial charge is 0.288 e. The van der Waals surface area contributed by atoms with Gasteiger partial charge in [-0.05, 0) is 43.5 Å². The first kappa shape index (κ1) is 19.6. The fraction of sp³-hybridized carbons (Fsp3) is 0.304. The molecule has 0 aliphatic carbocycles. The van der Waals surface area contributed by atoms with Gasteiger partial charge >= 0.3 is 0 Å². The molecule has 6 heteroatoms. The van der Waals surface area contributed by atoms with Crippen LogP contribution in [0.1, 0.15) is 36.0 Å². The molecule has 2 aromatic carbocycles. The number of benzene rings is 2. The molecule has 3 aromatic rings. The third-order valence-electron chi connectivity index (χ3n) is 5.59. The van der Waals surface area contributed by atoms with Crippen molar-refractivity contribution in [3.8, 4) is 5.69 Å². The van der Waals surface area contributed by atoms with Gasteiger partial charge in [0.05, 0.1) is 16.6 Å². The molecule has 2 unspecified atom stereocenters. The SMILES string of the molecule is CCc1ccc(C2SC(C)C(=O)N2c2c(C)n(C)n(-c3ccccc3)c2=O)cc1. The topological polar surface area (TPSA) is 47.2 Å². The van der Waals surface area contributed by atoms with Crippen LogP contribution in [-0.4, -0.2) is 20.5 Å². The van der Waals surface area contributed by atoms with Gasteiger partial charge in [-0.3, -0.25) is 19.2 Å². The van der Waals surface area contributed by atoms with Crippen molar-refractivity contribution in [2.75, 3.05) is 4.90 Å². The number of aryl methyl sites for hydroxylation is 1. The third-order valence-corrected chi connectivity index (χ3v) is 6.94. The van der Waals surface area contributed by atoms with Crippen LogP contribution in [-0.2, 0) is 18.3 Å². The van der Waals surface area contributed by atoms with Crippen molar-refractivity contribution in [2.24, 2.45) is 7.05 Å². The molecule has 1 aromatic heterocycles. The number of nitrogens with zero attached hydrogens (tertiary/aromatic N) is 3. The van der Waals surface area contributed by atoms with E-state index < -0.39 is 0 Å². The highest BCUT2D eigenvalue weighted by atomic mass is 32.2. The van der Waals surface area contributed by atoms with Gasteiger partial charge in [-0.1, -0.05) is 49.4 Å². The molecule has 1 saturated heterocycles. The molecule has 1 aliphatic rings. The fourth-order valence-electron chi connectivity index (χ4n) is 3.83. The van der Waals surface area contributed by atoms with Crippen LogP contribution < -0.4 is 10.5 Å². The number of amides is 1. The van der Waals surface area contributed by atoms with E-state index in [4.69, 9.17) is 0 Å². The summed E-state index contributed by atoms with van der Waals surface area (Å²) in [6.45, 7) is 5.93. The zero-order valence-corrected chi connectivity index (χ0v) is 17.9. The number of carbonyl (C=O) groups is 1. The normalized spacial score (nSPS) is 19.2. The maximum Gasteiger partial charge on any atom is 0.295 e. The molecule has 0 bridgehead atoms. The van der Waals surface area contributed by atoms with Crippen LogP contribution in [0.25, 0.3) is 5.69 Å². The maximum absolute atomic E-state index is 13.5. The first-order valence-corrected chi connectivity index (χ1v) is 10.8. The molecule has 2 heterocycles. The van der Waals surface area contributed by atoms with Crippen molar-refractivity contribution in [1.82, 2.24) is 9.36 Å². The Morgan fingerprint density at radius 2 is 1.66 bits per heavy atom. The van der Waals surface area contributed by atoms with Crippen LogP contribution in [0.3, 0.4) is 0 Å². The Labute approximate surface area is 174 Å². The molecular weight excluding hydrogens is 382 g/mol. The number of carbonyl (C=O) groups excluding carboxylic acids is 1. The van der Waals surface area contributed by atoms with E-state index in [1.54, 1.807) is 21.3 Å². The molecule has 0 saturated carbocycles. The Hall–Kier alpha value is -2.73. The molecule has 2 atom stereocenters. The van der Waals surface area contributed by atoms with Crippen molar-refractivity contribution in [2.45, 2.75) is 37.8 Å². The van der Waals surface area contributed by atoms with Gasteiger partial charge in [0.25, 0.3) is 5.56 Å². The Morgan fingerprint density at radius 3 is 2.28 bits per heavy atom. The first-order valence-electron chi connectivity index (χ1n) is 9.85. The Kier molecular flexibility index (Phi) is 5.13. The number of para-hydroxylation sites is 1. The average molecular weight is 408 g/mol. The van der Waals surface area contributed by atoms with Crippen molar-refractivity contribution in [1.29, 1.82) is 0 Å². The average Bonchev–Trinajstić information content (AvgIpc) is 3.15. The largest absolute Gasteiger partial charge is 0.295 e. The van der Waals surface area contributed by atoms with Gasteiger partial charge in [0, 0.05) is 7.05 Å². The van der Waals surface area contributed by atoms with Crippen LogP contribution in [0.4, 0.5) is 5.69 Å². The Bertz CT molecular complexity index is 1100. The molecule has 5 nitrogen and oxygen atoms in total. The van der Waals surface area contributed by atoms with Gasteiger partial charge in [-0.25, -0.2) is 4.68 Å². The highest BCUT2D eigenvalue weighted by Crippen LogP contribution is 2.45. The first-order chi connectivity index (χ1) is 13.9. The Morgan fingerprint density at radius 1 is 1.00 bits per heavy atom.